The fourth-order valence-corrected chi connectivity index (χ4v) is 2.89. The molecule has 0 amide bonds. The summed E-state index contributed by atoms with van der Waals surface area (Å²) in [6.07, 6.45) is -1.10. The number of hydrogen-bond acceptors (Lipinski definition) is 2. The number of guanidine groups is 1. The molecular formula is C17H33F3N4. The van der Waals surface area contributed by atoms with Gasteiger partial charge in [-0.3, -0.25) is 9.89 Å². The monoisotopic (exact) mass is 350 g/mol. The molecule has 1 aliphatic heterocycles. The fraction of sp³-hybridized carbons (Fsp3) is 0.941. The van der Waals surface area contributed by atoms with Crippen molar-refractivity contribution < 1.29 is 13.2 Å². The average Bonchev–Trinajstić information content (AvgIpc) is 2.88. The average molecular weight is 350 g/mol. The quantitative estimate of drug-likeness (QED) is 0.521. The maximum atomic E-state index is 12.4. The topological polar surface area (TPSA) is 39.7 Å². The largest absolute Gasteiger partial charge is 0.401 e. The number of nitrogens with one attached hydrogen (secondary N) is 2. The summed E-state index contributed by atoms with van der Waals surface area (Å²) in [5, 5.41) is 6.61. The van der Waals surface area contributed by atoms with Crippen molar-refractivity contribution in [3.8, 4) is 0 Å². The van der Waals surface area contributed by atoms with Crippen LogP contribution in [0.1, 0.15) is 47.0 Å². The molecule has 4 nitrogen and oxygen atoms in total. The normalized spacial score (nSPS) is 21.3. The molecule has 1 saturated heterocycles. The zero-order valence-corrected chi connectivity index (χ0v) is 15.4. The highest BCUT2D eigenvalue weighted by molar-refractivity contribution is 5.80. The lowest BCUT2D eigenvalue weighted by Gasteiger charge is -2.19. The second-order valence-electron chi connectivity index (χ2n) is 7.24. The van der Waals surface area contributed by atoms with Gasteiger partial charge in [0.05, 0.1) is 6.54 Å². The Balaban J connectivity index is 2.42. The second-order valence-corrected chi connectivity index (χ2v) is 7.24. The molecule has 1 rings (SSSR count). The molecule has 1 aliphatic rings. The standard InChI is InChI=1S/C17H33F3N4/c1-5-21-16(23-14(4)7-6-13(2)3)22-10-15-8-9-24(11-15)12-17(18,19)20/h13-15H,5-12H2,1-4H3,(H2,21,22,23). The van der Waals surface area contributed by atoms with Crippen LogP contribution in [0.15, 0.2) is 4.99 Å². The zero-order valence-electron chi connectivity index (χ0n) is 15.4. The SMILES string of the molecule is CCNC(=NCC1CCN(CC(F)(F)F)C1)NC(C)CCC(C)C. The number of likely N-dealkylation sites (tertiary alicyclic amines) is 1. The van der Waals surface area contributed by atoms with Crippen LogP contribution in [0.3, 0.4) is 0 Å². The molecule has 24 heavy (non-hydrogen) atoms. The van der Waals surface area contributed by atoms with Crippen molar-refractivity contribution in [1.29, 1.82) is 0 Å². The summed E-state index contributed by atoms with van der Waals surface area (Å²) in [6, 6.07) is 0.329. The summed E-state index contributed by atoms with van der Waals surface area (Å²) >= 11 is 0. The van der Waals surface area contributed by atoms with E-state index in [1.165, 1.54) is 4.90 Å². The third-order valence-electron chi connectivity index (χ3n) is 4.18. The minimum atomic E-state index is -4.11. The highest BCUT2D eigenvalue weighted by atomic mass is 19.4. The van der Waals surface area contributed by atoms with E-state index in [-0.39, 0.29) is 5.92 Å². The van der Waals surface area contributed by atoms with E-state index in [1.54, 1.807) is 0 Å². The van der Waals surface area contributed by atoms with E-state index in [9.17, 15) is 13.2 Å². The van der Waals surface area contributed by atoms with Crippen LogP contribution in [0.25, 0.3) is 0 Å². The predicted molar refractivity (Wildman–Crippen MR) is 93.3 cm³/mol. The van der Waals surface area contributed by atoms with Crippen molar-refractivity contribution in [1.82, 2.24) is 15.5 Å². The van der Waals surface area contributed by atoms with Crippen LogP contribution in [0.5, 0.6) is 0 Å². The maximum Gasteiger partial charge on any atom is 0.401 e. The van der Waals surface area contributed by atoms with Crippen molar-refractivity contribution in [3.63, 3.8) is 0 Å². The highest BCUT2D eigenvalue weighted by Crippen LogP contribution is 2.22. The number of halogens is 3. The van der Waals surface area contributed by atoms with Crippen LogP contribution in [-0.2, 0) is 0 Å². The predicted octanol–water partition coefficient (Wildman–Crippen LogP) is 3.25. The Morgan fingerprint density at radius 1 is 1.25 bits per heavy atom. The molecule has 2 N–H and O–H groups in total. The fourth-order valence-electron chi connectivity index (χ4n) is 2.89. The van der Waals surface area contributed by atoms with Gasteiger partial charge in [-0.25, -0.2) is 0 Å². The van der Waals surface area contributed by atoms with Gasteiger partial charge in [0.15, 0.2) is 5.96 Å². The Bertz CT molecular complexity index is 383. The molecule has 1 fully saturated rings. The van der Waals surface area contributed by atoms with Crippen LogP contribution in [0.2, 0.25) is 0 Å². The summed E-state index contributed by atoms with van der Waals surface area (Å²) in [6.45, 7) is 10.1. The lowest BCUT2D eigenvalue weighted by Crippen LogP contribution is -2.42. The Labute approximate surface area is 144 Å². The second kappa shape index (κ2) is 10.1. The van der Waals surface area contributed by atoms with Crippen molar-refractivity contribution in [2.45, 2.75) is 59.2 Å². The van der Waals surface area contributed by atoms with Gasteiger partial charge >= 0.3 is 6.18 Å². The van der Waals surface area contributed by atoms with Gasteiger partial charge in [-0.15, -0.1) is 0 Å². The number of nitrogens with zero attached hydrogens (tertiary/aromatic N) is 2. The molecule has 0 radical (unpaired) electrons. The van der Waals surface area contributed by atoms with Crippen LogP contribution < -0.4 is 10.6 Å². The molecule has 7 heteroatoms. The lowest BCUT2D eigenvalue weighted by atomic mass is 10.0. The van der Waals surface area contributed by atoms with Gasteiger partial charge in [0.1, 0.15) is 0 Å². The van der Waals surface area contributed by atoms with E-state index in [4.69, 9.17) is 0 Å². The third kappa shape index (κ3) is 9.35. The molecule has 1 heterocycles. The number of alkyl halides is 3. The summed E-state index contributed by atoms with van der Waals surface area (Å²) in [7, 11) is 0. The lowest BCUT2D eigenvalue weighted by molar-refractivity contribution is -0.143. The first-order valence-corrected chi connectivity index (χ1v) is 9.03. The number of aliphatic imine (C=N–C) groups is 1. The molecule has 0 aliphatic carbocycles. The van der Waals surface area contributed by atoms with Gasteiger partial charge in [-0.2, -0.15) is 13.2 Å². The van der Waals surface area contributed by atoms with Gasteiger partial charge in [0.2, 0.25) is 0 Å². The van der Waals surface area contributed by atoms with Crippen LogP contribution in [0, 0.1) is 11.8 Å². The molecule has 0 bridgehead atoms. The smallest absolute Gasteiger partial charge is 0.357 e. The van der Waals surface area contributed by atoms with Crippen LogP contribution in [-0.4, -0.2) is 55.8 Å². The van der Waals surface area contributed by atoms with E-state index < -0.39 is 12.7 Å². The summed E-state index contributed by atoms with van der Waals surface area (Å²) in [5.74, 6) is 1.64. The van der Waals surface area contributed by atoms with Crippen molar-refractivity contribution in [3.05, 3.63) is 0 Å². The van der Waals surface area contributed by atoms with E-state index >= 15 is 0 Å². The van der Waals surface area contributed by atoms with Crippen molar-refractivity contribution >= 4 is 5.96 Å². The molecule has 0 spiro atoms. The van der Waals surface area contributed by atoms with Gasteiger partial charge in [-0.1, -0.05) is 13.8 Å². The van der Waals surface area contributed by atoms with E-state index in [0.717, 1.165) is 31.8 Å². The summed E-state index contributed by atoms with van der Waals surface area (Å²) in [4.78, 5) is 6.06. The van der Waals surface area contributed by atoms with Crippen molar-refractivity contribution in [2.75, 3.05) is 32.7 Å². The molecule has 0 aromatic carbocycles. The Hall–Kier alpha value is -0.980. The summed E-state index contributed by atoms with van der Waals surface area (Å²) < 4.78 is 37.3. The van der Waals surface area contributed by atoms with Gasteiger partial charge < -0.3 is 10.6 Å². The number of rotatable bonds is 8. The molecule has 142 valence electrons. The van der Waals surface area contributed by atoms with Crippen molar-refractivity contribution in [2.24, 2.45) is 16.8 Å². The maximum absolute atomic E-state index is 12.4. The van der Waals surface area contributed by atoms with Gasteiger partial charge in [0, 0.05) is 25.7 Å². The first-order chi connectivity index (χ1) is 11.2. The van der Waals surface area contributed by atoms with E-state index in [1.807, 2.05) is 6.92 Å². The highest BCUT2D eigenvalue weighted by Gasteiger charge is 2.34. The molecule has 0 saturated carbocycles. The summed E-state index contributed by atoms with van der Waals surface area (Å²) in [5.41, 5.74) is 0. The third-order valence-corrected chi connectivity index (χ3v) is 4.18. The Kier molecular flexibility index (Phi) is 8.87. The van der Waals surface area contributed by atoms with E-state index in [2.05, 4.69) is 36.4 Å². The molecule has 2 unspecified atom stereocenters. The van der Waals surface area contributed by atoms with Crippen LogP contribution >= 0.6 is 0 Å². The molecule has 0 aromatic heterocycles. The van der Waals surface area contributed by atoms with Gasteiger partial charge in [0.25, 0.3) is 0 Å². The first-order valence-electron chi connectivity index (χ1n) is 9.03. The molecule has 0 aromatic rings. The Morgan fingerprint density at radius 2 is 1.96 bits per heavy atom. The van der Waals surface area contributed by atoms with Gasteiger partial charge in [-0.05, 0) is 51.5 Å². The Morgan fingerprint density at radius 3 is 2.54 bits per heavy atom. The van der Waals surface area contributed by atoms with Crippen LogP contribution in [0.4, 0.5) is 13.2 Å². The first kappa shape index (κ1) is 21.1. The van der Waals surface area contributed by atoms with E-state index in [0.29, 0.717) is 31.6 Å². The minimum absolute atomic E-state index is 0.203. The molecular weight excluding hydrogens is 317 g/mol. The molecule has 2 atom stereocenters. The number of hydrogen-bond donors (Lipinski definition) is 2. The minimum Gasteiger partial charge on any atom is -0.357 e. The zero-order chi connectivity index (χ0) is 18.2.